The normalized spacial score (nSPS) is 19.3. The first kappa shape index (κ1) is 14.4. The summed E-state index contributed by atoms with van der Waals surface area (Å²) in [4.78, 5) is 14.5. The van der Waals surface area contributed by atoms with Gasteiger partial charge in [-0.25, -0.2) is 0 Å². The van der Waals surface area contributed by atoms with Crippen LogP contribution in [0.25, 0.3) is 0 Å². The van der Waals surface area contributed by atoms with Gasteiger partial charge in [-0.3, -0.25) is 4.79 Å². The Bertz CT molecular complexity index is 608. The molecule has 3 rings (SSSR count). The molecule has 1 aliphatic rings. The molecule has 21 heavy (non-hydrogen) atoms. The quantitative estimate of drug-likeness (QED) is 0.803. The van der Waals surface area contributed by atoms with Crippen LogP contribution in [-0.4, -0.2) is 23.9 Å². The van der Waals surface area contributed by atoms with Gasteiger partial charge >= 0.3 is 0 Å². The fraction of sp³-hybridized carbons (Fsp3) is 0.353. The lowest BCUT2D eigenvalue weighted by atomic mass is 9.94. The minimum absolute atomic E-state index is 0.0106. The molecule has 0 N–H and O–H groups in total. The molecule has 0 radical (unpaired) electrons. The average Bonchev–Trinajstić information content (AvgIpc) is 2.81. The minimum atomic E-state index is -0.0106. The summed E-state index contributed by atoms with van der Waals surface area (Å²) in [5.74, 6) is 0.815. The number of hydrogen-bond donors (Lipinski definition) is 0. The maximum absolute atomic E-state index is 12.6. The van der Waals surface area contributed by atoms with Gasteiger partial charge in [-0.1, -0.05) is 36.8 Å². The number of halogens is 1. The van der Waals surface area contributed by atoms with Crippen molar-refractivity contribution in [2.24, 2.45) is 0 Å². The van der Waals surface area contributed by atoms with Crippen molar-refractivity contribution in [3.8, 4) is 0 Å². The zero-order chi connectivity index (χ0) is 14.7. The van der Waals surface area contributed by atoms with E-state index in [0.717, 1.165) is 32.4 Å². The van der Waals surface area contributed by atoms with Gasteiger partial charge in [0.25, 0.3) is 5.91 Å². The van der Waals surface area contributed by atoms with Crippen molar-refractivity contribution >= 4 is 21.8 Å². The topological polar surface area (TPSA) is 33.5 Å². The second kappa shape index (κ2) is 6.48. The van der Waals surface area contributed by atoms with Crippen LogP contribution in [0.4, 0.5) is 0 Å². The van der Waals surface area contributed by atoms with E-state index in [1.807, 2.05) is 11.0 Å². The maximum atomic E-state index is 12.6. The summed E-state index contributed by atoms with van der Waals surface area (Å²) in [7, 11) is 0. The molecule has 4 heteroatoms. The summed E-state index contributed by atoms with van der Waals surface area (Å²) in [6.45, 7) is 1.57. The highest BCUT2D eigenvalue weighted by molar-refractivity contribution is 9.10. The van der Waals surface area contributed by atoms with Crippen LogP contribution in [0.2, 0.25) is 0 Å². The predicted molar refractivity (Wildman–Crippen MR) is 85.3 cm³/mol. The molecular weight excluding hydrogens is 330 g/mol. The third-order valence-corrected chi connectivity index (χ3v) is 4.44. The molecule has 1 aromatic heterocycles. The summed E-state index contributed by atoms with van der Waals surface area (Å²) in [6, 6.07) is 14.0. The number of carbonyl (C=O) groups is 1. The van der Waals surface area contributed by atoms with Crippen molar-refractivity contribution in [3.63, 3.8) is 0 Å². The van der Waals surface area contributed by atoms with E-state index in [1.54, 1.807) is 12.1 Å². The van der Waals surface area contributed by atoms with E-state index >= 15 is 0 Å². The molecule has 1 amide bonds. The molecule has 110 valence electrons. The number of carbonyl (C=O) groups excluding carboxylic acids is 1. The minimum Gasteiger partial charge on any atom is -0.444 e. The highest BCUT2D eigenvalue weighted by atomic mass is 79.9. The van der Waals surface area contributed by atoms with E-state index < -0.39 is 0 Å². The molecule has 1 aliphatic heterocycles. The highest BCUT2D eigenvalue weighted by Crippen LogP contribution is 2.27. The lowest BCUT2D eigenvalue weighted by molar-refractivity contribution is 0.0721. The summed E-state index contributed by atoms with van der Waals surface area (Å²) >= 11 is 3.25. The van der Waals surface area contributed by atoms with Gasteiger partial charge in [0.1, 0.15) is 0 Å². The average molecular weight is 348 g/mol. The van der Waals surface area contributed by atoms with Gasteiger partial charge in [-0.2, -0.15) is 0 Å². The third-order valence-electron chi connectivity index (χ3n) is 4.01. The summed E-state index contributed by atoms with van der Waals surface area (Å²) in [5.41, 5.74) is 1.32. The van der Waals surface area contributed by atoms with Crippen LogP contribution in [0.5, 0.6) is 0 Å². The molecule has 1 unspecified atom stereocenters. The van der Waals surface area contributed by atoms with Crippen LogP contribution in [-0.2, 0) is 0 Å². The molecule has 3 nitrogen and oxygen atoms in total. The molecular formula is C17H18BrNO2. The molecule has 0 aliphatic carbocycles. The van der Waals surface area contributed by atoms with E-state index in [9.17, 15) is 4.79 Å². The Kier molecular flexibility index (Phi) is 4.44. The van der Waals surface area contributed by atoms with Crippen LogP contribution in [0.15, 0.2) is 51.6 Å². The van der Waals surface area contributed by atoms with E-state index in [0.29, 0.717) is 16.3 Å². The van der Waals surface area contributed by atoms with Gasteiger partial charge in [0.15, 0.2) is 10.4 Å². The van der Waals surface area contributed by atoms with Crippen molar-refractivity contribution in [1.82, 2.24) is 4.90 Å². The van der Waals surface area contributed by atoms with E-state index in [1.165, 1.54) is 5.56 Å². The van der Waals surface area contributed by atoms with Crippen molar-refractivity contribution < 1.29 is 9.21 Å². The Balaban J connectivity index is 1.77. The van der Waals surface area contributed by atoms with Gasteiger partial charge in [0.2, 0.25) is 0 Å². The predicted octanol–water partition coefficient (Wildman–Crippen LogP) is 4.45. The molecule has 1 saturated heterocycles. The molecule has 0 saturated carbocycles. The van der Waals surface area contributed by atoms with Crippen LogP contribution in [0.1, 0.15) is 41.3 Å². The zero-order valence-corrected chi connectivity index (χ0v) is 13.4. The van der Waals surface area contributed by atoms with Crippen LogP contribution < -0.4 is 0 Å². The van der Waals surface area contributed by atoms with Crippen molar-refractivity contribution in [2.75, 3.05) is 13.1 Å². The largest absolute Gasteiger partial charge is 0.444 e. The van der Waals surface area contributed by atoms with Crippen molar-refractivity contribution in [2.45, 2.75) is 25.2 Å². The third kappa shape index (κ3) is 3.38. The number of nitrogens with zero attached hydrogens (tertiary/aromatic N) is 1. The molecule has 0 spiro atoms. The fourth-order valence-electron chi connectivity index (χ4n) is 2.91. The molecule has 1 aromatic carbocycles. The van der Waals surface area contributed by atoms with Gasteiger partial charge in [-0.15, -0.1) is 0 Å². The molecule has 2 heterocycles. The number of benzene rings is 1. The first-order valence-electron chi connectivity index (χ1n) is 7.33. The second-order valence-corrected chi connectivity index (χ2v) is 6.24. The van der Waals surface area contributed by atoms with Crippen LogP contribution in [0.3, 0.4) is 0 Å². The van der Waals surface area contributed by atoms with Crippen LogP contribution in [0, 0.1) is 0 Å². The van der Waals surface area contributed by atoms with E-state index in [2.05, 4.69) is 40.2 Å². The van der Waals surface area contributed by atoms with Gasteiger partial charge < -0.3 is 9.32 Å². The van der Waals surface area contributed by atoms with Gasteiger partial charge in [-0.05, 0) is 46.5 Å². The molecule has 1 atom stereocenters. The molecule has 2 aromatic rings. The lowest BCUT2D eigenvalue weighted by Crippen LogP contribution is -2.33. The van der Waals surface area contributed by atoms with Crippen molar-refractivity contribution in [1.29, 1.82) is 0 Å². The Morgan fingerprint density at radius 1 is 1.14 bits per heavy atom. The molecule has 1 fully saturated rings. The second-order valence-electron chi connectivity index (χ2n) is 5.46. The summed E-state index contributed by atoms with van der Waals surface area (Å²) < 4.78 is 6.00. The van der Waals surface area contributed by atoms with Gasteiger partial charge in [0, 0.05) is 19.0 Å². The van der Waals surface area contributed by atoms with Crippen molar-refractivity contribution in [3.05, 3.63) is 58.5 Å². The first-order valence-corrected chi connectivity index (χ1v) is 8.13. The first-order chi connectivity index (χ1) is 10.2. The number of likely N-dealkylation sites (tertiary alicyclic amines) is 1. The molecule has 0 bridgehead atoms. The van der Waals surface area contributed by atoms with E-state index in [-0.39, 0.29) is 5.91 Å². The Hall–Kier alpha value is -1.55. The fourth-order valence-corrected chi connectivity index (χ4v) is 3.22. The summed E-state index contributed by atoms with van der Waals surface area (Å²) in [6.07, 6.45) is 3.35. The van der Waals surface area contributed by atoms with Crippen LogP contribution >= 0.6 is 15.9 Å². The SMILES string of the molecule is O=C(c1ccc(Br)o1)N1CCCCC(c2ccccc2)C1. The lowest BCUT2D eigenvalue weighted by Gasteiger charge is -2.24. The Morgan fingerprint density at radius 3 is 2.67 bits per heavy atom. The Labute approximate surface area is 133 Å². The number of rotatable bonds is 2. The van der Waals surface area contributed by atoms with Gasteiger partial charge in [0.05, 0.1) is 0 Å². The zero-order valence-electron chi connectivity index (χ0n) is 11.8. The maximum Gasteiger partial charge on any atom is 0.289 e. The highest BCUT2D eigenvalue weighted by Gasteiger charge is 2.25. The van der Waals surface area contributed by atoms with E-state index in [4.69, 9.17) is 4.42 Å². The smallest absolute Gasteiger partial charge is 0.289 e. The monoisotopic (exact) mass is 347 g/mol. The number of furan rings is 1. The number of hydrogen-bond acceptors (Lipinski definition) is 2. The Morgan fingerprint density at radius 2 is 1.95 bits per heavy atom. The summed E-state index contributed by atoms with van der Waals surface area (Å²) in [5, 5.41) is 0. The standard InChI is InChI=1S/C17H18BrNO2/c18-16-10-9-15(21-16)17(20)19-11-5-4-8-14(12-19)13-6-2-1-3-7-13/h1-3,6-7,9-10,14H,4-5,8,11-12H2. The number of amides is 1.